The number of rotatable bonds is 18. The van der Waals surface area contributed by atoms with Crippen LogP contribution in [0, 0.1) is 5.41 Å². The normalized spacial score (nSPS) is 22.0. The van der Waals surface area contributed by atoms with Crippen LogP contribution >= 0.6 is 0 Å². The lowest BCUT2D eigenvalue weighted by molar-refractivity contribution is -0.277. The van der Waals surface area contributed by atoms with E-state index in [9.17, 15) is 49.2 Å². The van der Waals surface area contributed by atoms with E-state index in [2.05, 4.69) is 10.6 Å². The van der Waals surface area contributed by atoms with Gasteiger partial charge in [-0.1, -0.05) is 12.5 Å². The Bertz CT molecular complexity index is 1380. The number of benzene rings is 1. The van der Waals surface area contributed by atoms with E-state index in [0.29, 0.717) is 37.8 Å². The van der Waals surface area contributed by atoms with Crippen LogP contribution in [0.15, 0.2) is 18.2 Å². The number of unbranched alkanes of at least 4 members (excludes halogenated alkanes) is 2. The number of nitrogens with zero attached hydrogens (tertiary/aromatic N) is 1. The van der Waals surface area contributed by atoms with Gasteiger partial charge in [-0.3, -0.25) is 29.4 Å². The Balaban J connectivity index is 1.46. The van der Waals surface area contributed by atoms with E-state index in [-0.39, 0.29) is 75.0 Å². The third-order valence-corrected chi connectivity index (χ3v) is 7.80. The fourth-order valence-electron chi connectivity index (χ4n) is 4.91. The molecule has 0 aliphatic carbocycles. The molecule has 2 saturated heterocycles. The number of anilines is 1. The monoisotopic (exact) mass is 725 g/mol. The second kappa shape index (κ2) is 19.3. The Hall–Kier alpha value is -4.36. The number of nitrogens with one attached hydrogen (secondary N) is 2. The molecule has 0 bridgehead atoms. The predicted octanol–water partition coefficient (Wildman–Crippen LogP) is 0.438. The van der Waals surface area contributed by atoms with Crippen molar-refractivity contribution >= 4 is 41.4 Å². The Morgan fingerprint density at radius 3 is 2.31 bits per heavy atom. The number of esters is 1. The van der Waals surface area contributed by atoms with Crippen LogP contribution in [0.25, 0.3) is 0 Å². The number of carboxylic acid groups (broad SMARTS) is 1. The standard InChI is InChI=1S/C33H47N3O15/c1-33(2,3)31(45)49-18-19-8-9-20(35-32(46)51-30-27(42)25(40)26(41)28(50-30)29(43)44)21(17-19)48-16-15-47-14-12-34-22(37)7-5-4-6-13-36-23(38)10-11-24(36)39/h8-9,17,25-28,30,40-42H,4-7,10-16,18H2,1-3H3,(H,34,37)(H,35,46)(H,43,44)/t25-,26-,27+,28-,30-/m0/s1. The quantitative estimate of drug-likeness (QED) is 0.0682. The van der Waals surface area contributed by atoms with Crippen molar-refractivity contribution in [2.45, 2.75) is 96.6 Å². The summed E-state index contributed by atoms with van der Waals surface area (Å²) in [6.07, 6.45) is -8.26. The second-order valence-corrected chi connectivity index (χ2v) is 13.0. The number of carbonyl (C=O) groups is 6. The first kappa shape index (κ1) is 41.1. The maximum Gasteiger partial charge on any atom is 0.414 e. The summed E-state index contributed by atoms with van der Waals surface area (Å²) in [4.78, 5) is 73.0. The maximum absolute atomic E-state index is 12.7. The van der Waals surface area contributed by atoms with Gasteiger partial charge in [-0.15, -0.1) is 0 Å². The largest absolute Gasteiger partial charge is 0.489 e. The summed E-state index contributed by atoms with van der Waals surface area (Å²) in [5.74, 6) is -2.45. The fourth-order valence-corrected chi connectivity index (χ4v) is 4.91. The molecule has 1 aromatic carbocycles. The SMILES string of the molecule is CC(C)(C)C(=O)OCc1ccc(NC(=O)O[C@@H]2O[C@H](C(=O)O)[C@@H](O)[C@H](O)[C@H]2O)c(OCCOCCNC(=O)CCCCCN2C(=O)CCC2=O)c1. The zero-order valence-electron chi connectivity index (χ0n) is 28.8. The molecule has 2 fully saturated rings. The van der Waals surface area contributed by atoms with Gasteiger partial charge in [0.05, 0.1) is 24.3 Å². The molecule has 4 amide bonds. The van der Waals surface area contributed by atoms with E-state index in [1.54, 1.807) is 26.8 Å². The van der Waals surface area contributed by atoms with E-state index in [1.165, 1.54) is 17.0 Å². The van der Waals surface area contributed by atoms with Crippen molar-refractivity contribution in [3.63, 3.8) is 0 Å². The molecule has 1 aromatic rings. The highest BCUT2D eigenvalue weighted by Gasteiger charge is 2.48. The number of carboxylic acids is 1. The van der Waals surface area contributed by atoms with Gasteiger partial charge in [0.1, 0.15) is 37.3 Å². The van der Waals surface area contributed by atoms with E-state index >= 15 is 0 Å². The average molecular weight is 726 g/mol. The van der Waals surface area contributed by atoms with Gasteiger partial charge in [0.25, 0.3) is 0 Å². The summed E-state index contributed by atoms with van der Waals surface area (Å²) in [5, 5.41) is 44.3. The summed E-state index contributed by atoms with van der Waals surface area (Å²) in [5.41, 5.74) is -0.164. The van der Waals surface area contributed by atoms with Crippen LogP contribution in [0.5, 0.6) is 5.75 Å². The molecule has 0 saturated carbocycles. The molecule has 2 heterocycles. The molecule has 0 unspecified atom stereocenters. The summed E-state index contributed by atoms with van der Waals surface area (Å²) in [6, 6.07) is 4.47. The minimum Gasteiger partial charge on any atom is -0.489 e. The van der Waals surface area contributed by atoms with Crippen molar-refractivity contribution in [2.24, 2.45) is 5.41 Å². The molecule has 2 aliphatic heterocycles. The zero-order valence-corrected chi connectivity index (χ0v) is 28.8. The van der Waals surface area contributed by atoms with Crippen LogP contribution in [0.4, 0.5) is 10.5 Å². The average Bonchev–Trinajstić information content (AvgIpc) is 3.39. The zero-order chi connectivity index (χ0) is 37.7. The summed E-state index contributed by atoms with van der Waals surface area (Å²) >= 11 is 0. The third kappa shape index (κ3) is 12.7. The van der Waals surface area contributed by atoms with Gasteiger partial charge in [-0.25, -0.2) is 9.59 Å². The van der Waals surface area contributed by atoms with Crippen LogP contribution in [-0.4, -0.2) is 125 Å². The van der Waals surface area contributed by atoms with Gasteiger partial charge in [0, 0.05) is 32.4 Å². The number of hydrogen-bond acceptors (Lipinski definition) is 14. The Labute approximate surface area is 294 Å². The molecule has 2 aliphatic rings. The van der Waals surface area contributed by atoms with Crippen LogP contribution in [-0.2, 0) is 49.5 Å². The van der Waals surface area contributed by atoms with Crippen LogP contribution in [0.3, 0.4) is 0 Å². The smallest absolute Gasteiger partial charge is 0.414 e. The highest BCUT2D eigenvalue weighted by molar-refractivity contribution is 6.01. The Kier molecular flexibility index (Phi) is 15.5. The van der Waals surface area contributed by atoms with E-state index in [1.807, 2.05) is 0 Å². The van der Waals surface area contributed by atoms with Gasteiger partial charge in [0.2, 0.25) is 24.0 Å². The molecule has 0 radical (unpaired) electrons. The highest BCUT2D eigenvalue weighted by Crippen LogP contribution is 2.29. The molecule has 51 heavy (non-hydrogen) atoms. The Morgan fingerprint density at radius 1 is 0.941 bits per heavy atom. The summed E-state index contributed by atoms with van der Waals surface area (Å²) in [7, 11) is 0. The number of ether oxygens (including phenoxy) is 5. The maximum atomic E-state index is 12.7. The van der Waals surface area contributed by atoms with E-state index in [4.69, 9.17) is 23.7 Å². The van der Waals surface area contributed by atoms with E-state index in [0.717, 1.165) is 0 Å². The van der Waals surface area contributed by atoms with Gasteiger partial charge < -0.3 is 49.4 Å². The number of aliphatic carboxylic acids is 1. The second-order valence-electron chi connectivity index (χ2n) is 13.0. The number of aliphatic hydroxyl groups is 3. The molecule has 284 valence electrons. The third-order valence-electron chi connectivity index (χ3n) is 7.80. The first-order chi connectivity index (χ1) is 24.1. The summed E-state index contributed by atoms with van der Waals surface area (Å²) in [6.45, 7) is 5.85. The first-order valence-corrected chi connectivity index (χ1v) is 16.6. The van der Waals surface area contributed by atoms with Gasteiger partial charge in [-0.2, -0.15) is 0 Å². The van der Waals surface area contributed by atoms with E-state index < -0.39 is 54.2 Å². The summed E-state index contributed by atoms with van der Waals surface area (Å²) < 4.78 is 26.6. The lowest BCUT2D eigenvalue weighted by atomic mass is 9.97. The molecule has 0 spiro atoms. The molecular formula is C33H47N3O15. The number of hydrogen-bond donors (Lipinski definition) is 6. The Morgan fingerprint density at radius 2 is 1.65 bits per heavy atom. The van der Waals surface area contributed by atoms with Crippen molar-refractivity contribution in [1.82, 2.24) is 10.2 Å². The fraction of sp³-hybridized carbons (Fsp3) is 0.636. The highest BCUT2D eigenvalue weighted by atomic mass is 16.7. The van der Waals surface area contributed by atoms with Gasteiger partial charge in [-0.05, 0) is 51.3 Å². The number of imide groups is 1. The molecule has 5 atom stereocenters. The molecular weight excluding hydrogens is 678 g/mol. The molecule has 3 rings (SSSR count). The van der Waals surface area contributed by atoms with Gasteiger partial charge in [0.15, 0.2) is 6.10 Å². The number of likely N-dealkylation sites (tertiary alicyclic amines) is 1. The lowest BCUT2D eigenvalue weighted by Gasteiger charge is -2.37. The first-order valence-electron chi connectivity index (χ1n) is 16.6. The minimum absolute atomic E-state index is 0.0141. The van der Waals surface area contributed by atoms with Crippen molar-refractivity contribution in [3.05, 3.63) is 23.8 Å². The number of carbonyl (C=O) groups excluding carboxylic acids is 5. The predicted molar refractivity (Wildman–Crippen MR) is 174 cm³/mol. The number of aliphatic hydroxyl groups excluding tert-OH is 3. The van der Waals surface area contributed by atoms with Crippen LogP contribution < -0.4 is 15.4 Å². The molecule has 18 heteroatoms. The minimum atomic E-state index is -1.97. The molecule has 18 nitrogen and oxygen atoms in total. The van der Waals surface area contributed by atoms with Gasteiger partial charge >= 0.3 is 18.0 Å². The lowest BCUT2D eigenvalue weighted by Crippen LogP contribution is -2.60. The molecule has 0 aromatic heterocycles. The number of amides is 4. The van der Waals surface area contributed by atoms with Crippen LogP contribution in [0.2, 0.25) is 0 Å². The molecule has 6 N–H and O–H groups in total. The van der Waals surface area contributed by atoms with Crippen molar-refractivity contribution in [3.8, 4) is 5.75 Å². The van der Waals surface area contributed by atoms with Crippen molar-refractivity contribution in [2.75, 3.05) is 38.2 Å². The van der Waals surface area contributed by atoms with Crippen molar-refractivity contribution in [1.29, 1.82) is 0 Å². The van der Waals surface area contributed by atoms with Crippen LogP contribution in [0.1, 0.15) is 64.9 Å². The topological polar surface area (TPSA) is 257 Å². The van der Waals surface area contributed by atoms with Crippen molar-refractivity contribution < 1.29 is 72.9 Å².